The lowest BCUT2D eigenvalue weighted by molar-refractivity contribution is 0.130. The maximum Gasteiger partial charge on any atom is 0.193 e. The molecule has 100 valence electrons. The van der Waals surface area contributed by atoms with Crippen molar-refractivity contribution in [3.8, 4) is 0 Å². The van der Waals surface area contributed by atoms with Crippen molar-refractivity contribution in [2.24, 2.45) is 10.7 Å². The average molecular weight is 249 g/mol. The normalized spacial score (nSPS) is 11.5. The van der Waals surface area contributed by atoms with Crippen LogP contribution in [0.25, 0.3) is 0 Å². The summed E-state index contributed by atoms with van der Waals surface area (Å²) >= 11 is 0. The molecule has 0 saturated carbocycles. The van der Waals surface area contributed by atoms with E-state index in [9.17, 15) is 0 Å². The maximum absolute atomic E-state index is 5.77. The zero-order valence-electron chi connectivity index (χ0n) is 11.1. The molecule has 0 aliphatic heterocycles. The summed E-state index contributed by atoms with van der Waals surface area (Å²) in [6.07, 6.45) is 3.20. The van der Waals surface area contributed by atoms with Crippen LogP contribution < -0.4 is 11.1 Å². The molecule has 4 nitrogen and oxygen atoms in total. The molecule has 0 bridgehead atoms. The SMILES string of the molecule is CCCCOCCCN=C(N)Nc1ccccc1. The van der Waals surface area contributed by atoms with E-state index in [4.69, 9.17) is 10.5 Å². The van der Waals surface area contributed by atoms with Gasteiger partial charge in [0.15, 0.2) is 5.96 Å². The van der Waals surface area contributed by atoms with Crippen LogP contribution in [-0.2, 0) is 4.74 Å². The minimum Gasteiger partial charge on any atom is -0.381 e. The highest BCUT2D eigenvalue weighted by Crippen LogP contribution is 2.03. The van der Waals surface area contributed by atoms with Crippen LogP contribution >= 0.6 is 0 Å². The smallest absolute Gasteiger partial charge is 0.193 e. The Bertz CT molecular complexity index is 338. The van der Waals surface area contributed by atoms with Crippen molar-refractivity contribution in [2.45, 2.75) is 26.2 Å². The molecule has 3 N–H and O–H groups in total. The zero-order valence-corrected chi connectivity index (χ0v) is 11.1. The molecule has 18 heavy (non-hydrogen) atoms. The Morgan fingerprint density at radius 3 is 2.67 bits per heavy atom. The topological polar surface area (TPSA) is 59.6 Å². The van der Waals surface area contributed by atoms with E-state index in [-0.39, 0.29) is 0 Å². The van der Waals surface area contributed by atoms with E-state index in [1.54, 1.807) is 0 Å². The minimum absolute atomic E-state index is 0.453. The number of nitrogens with two attached hydrogens (primary N) is 1. The Morgan fingerprint density at radius 1 is 1.22 bits per heavy atom. The van der Waals surface area contributed by atoms with Gasteiger partial charge in [0.1, 0.15) is 0 Å². The molecular formula is C14H23N3O. The van der Waals surface area contributed by atoms with Crippen LogP contribution in [-0.4, -0.2) is 25.7 Å². The van der Waals surface area contributed by atoms with Crippen LogP contribution in [0.15, 0.2) is 35.3 Å². The summed E-state index contributed by atoms with van der Waals surface area (Å²) in [6.45, 7) is 4.45. The van der Waals surface area contributed by atoms with Gasteiger partial charge in [0.05, 0.1) is 0 Å². The fourth-order valence-corrected chi connectivity index (χ4v) is 1.42. The zero-order chi connectivity index (χ0) is 13.1. The van der Waals surface area contributed by atoms with E-state index in [0.29, 0.717) is 12.5 Å². The lowest BCUT2D eigenvalue weighted by Gasteiger charge is -2.05. The van der Waals surface area contributed by atoms with Crippen LogP contribution in [0.1, 0.15) is 26.2 Å². The molecule has 0 radical (unpaired) electrons. The largest absolute Gasteiger partial charge is 0.381 e. The van der Waals surface area contributed by atoms with Crippen molar-refractivity contribution in [2.75, 3.05) is 25.1 Å². The number of hydrogen-bond acceptors (Lipinski definition) is 2. The van der Waals surface area contributed by atoms with Gasteiger partial charge in [0.2, 0.25) is 0 Å². The molecule has 1 aromatic rings. The molecule has 1 rings (SSSR count). The van der Waals surface area contributed by atoms with Gasteiger partial charge in [-0.1, -0.05) is 31.5 Å². The van der Waals surface area contributed by atoms with Crippen molar-refractivity contribution in [3.05, 3.63) is 30.3 Å². The van der Waals surface area contributed by atoms with Crippen molar-refractivity contribution in [1.29, 1.82) is 0 Å². The first-order valence-corrected chi connectivity index (χ1v) is 6.52. The first kappa shape index (κ1) is 14.5. The summed E-state index contributed by atoms with van der Waals surface area (Å²) in [5.74, 6) is 0.453. The number of rotatable bonds is 8. The second-order valence-corrected chi connectivity index (χ2v) is 4.08. The molecule has 0 aliphatic carbocycles. The van der Waals surface area contributed by atoms with Crippen LogP contribution in [0.4, 0.5) is 5.69 Å². The number of aliphatic imine (C=N–C) groups is 1. The molecule has 0 atom stereocenters. The summed E-state index contributed by atoms with van der Waals surface area (Å²) in [7, 11) is 0. The van der Waals surface area contributed by atoms with Gasteiger partial charge in [-0.15, -0.1) is 0 Å². The maximum atomic E-state index is 5.77. The minimum atomic E-state index is 0.453. The Hall–Kier alpha value is -1.55. The van der Waals surface area contributed by atoms with Gasteiger partial charge in [0, 0.05) is 25.4 Å². The summed E-state index contributed by atoms with van der Waals surface area (Å²) in [4.78, 5) is 4.24. The number of guanidine groups is 1. The predicted octanol–water partition coefficient (Wildman–Crippen LogP) is 2.62. The van der Waals surface area contributed by atoms with Gasteiger partial charge in [-0.2, -0.15) is 0 Å². The average Bonchev–Trinajstić information content (AvgIpc) is 2.39. The van der Waals surface area contributed by atoms with Crippen LogP contribution in [0.3, 0.4) is 0 Å². The highest BCUT2D eigenvalue weighted by atomic mass is 16.5. The van der Waals surface area contributed by atoms with Crippen LogP contribution in [0, 0.1) is 0 Å². The highest BCUT2D eigenvalue weighted by molar-refractivity contribution is 5.92. The third-order valence-electron chi connectivity index (χ3n) is 2.42. The molecule has 1 aromatic carbocycles. The Balaban J connectivity index is 2.11. The van der Waals surface area contributed by atoms with Crippen molar-refractivity contribution in [3.63, 3.8) is 0 Å². The Labute approximate surface area is 109 Å². The van der Waals surface area contributed by atoms with Gasteiger partial charge in [-0.05, 0) is 25.0 Å². The summed E-state index contributed by atoms with van der Waals surface area (Å²) in [6, 6.07) is 9.78. The summed E-state index contributed by atoms with van der Waals surface area (Å²) in [5.41, 5.74) is 6.72. The second kappa shape index (κ2) is 9.48. The standard InChI is InChI=1S/C14H23N3O/c1-2-3-11-18-12-7-10-16-14(15)17-13-8-5-4-6-9-13/h4-6,8-9H,2-3,7,10-12H2,1H3,(H3,15,16,17). The first-order chi connectivity index (χ1) is 8.83. The fraction of sp³-hybridized carbons (Fsp3) is 0.500. The molecule has 0 aromatic heterocycles. The van der Waals surface area contributed by atoms with E-state index in [1.807, 2.05) is 30.3 Å². The second-order valence-electron chi connectivity index (χ2n) is 4.08. The number of anilines is 1. The molecule has 4 heteroatoms. The number of ether oxygens (including phenoxy) is 1. The number of para-hydroxylation sites is 1. The molecule has 0 amide bonds. The first-order valence-electron chi connectivity index (χ1n) is 6.52. The number of nitrogens with one attached hydrogen (secondary N) is 1. The lowest BCUT2D eigenvalue weighted by Crippen LogP contribution is -2.22. The lowest BCUT2D eigenvalue weighted by atomic mass is 10.3. The van der Waals surface area contributed by atoms with Crippen LogP contribution in [0.2, 0.25) is 0 Å². The van der Waals surface area contributed by atoms with Gasteiger partial charge in [-0.25, -0.2) is 0 Å². The number of hydrogen-bond donors (Lipinski definition) is 2. The fourth-order valence-electron chi connectivity index (χ4n) is 1.42. The summed E-state index contributed by atoms with van der Waals surface area (Å²) < 4.78 is 5.44. The van der Waals surface area contributed by atoms with E-state index in [2.05, 4.69) is 17.2 Å². The molecule has 0 spiro atoms. The molecule has 0 saturated heterocycles. The number of unbranched alkanes of at least 4 members (excludes halogenated alkanes) is 1. The van der Waals surface area contributed by atoms with Gasteiger partial charge in [0.25, 0.3) is 0 Å². The van der Waals surface area contributed by atoms with E-state index in [1.165, 1.54) is 6.42 Å². The van der Waals surface area contributed by atoms with Gasteiger partial charge < -0.3 is 15.8 Å². The van der Waals surface area contributed by atoms with E-state index in [0.717, 1.165) is 31.7 Å². The molecular weight excluding hydrogens is 226 g/mol. The van der Waals surface area contributed by atoms with Crippen LogP contribution in [0.5, 0.6) is 0 Å². The van der Waals surface area contributed by atoms with E-state index < -0.39 is 0 Å². The van der Waals surface area contributed by atoms with Crippen molar-refractivity contribution < 1.29 is 4.74 Å². The molecule has 0 heterocycles. The predicted molar refractivity (Wildman–Crippen MR) is 76.9 cm³/mol. The quantitative estimate of drug-likeness (QED) is 0.423. The van der Waals surface area contributed by atoms with E-state index >= 15 is 0 Å². The Kier molecular flexibility index (Phi) is 7.64. The monoisotopic (exact) mass is 249 g/mol. The third-order valence-corrected chi connectivity index (χ3v) is 2.42. The third kappa shape index (κ3) is 6.91. The number of benzene rings is 1. The molecule has 0 fully saturated rings. The van der Waals surface area contributed by atoms with Gasteiger partial charge >= 0.3 is 0 Å². The van der Waals surface area contributed by atoms with Crippen molar-refractivity contribution in [1.82, 2.24) is 0 Å². The molecule has 0 unspecified atom stereocenters. The molecule has 0 aliphatic rings. The summed E-state index contributed by atoms with van der Waals surface area (Å²) in [5, 5.41) is 3.04. The Morgan fingerprint density at radius 2 is 1.94 bits per heavy atom. The highest BCUT2D eigenvalue weighted by Gasteiger charge is 1.93. The number of nitrogens with zero attached hydrogens (tertiary/aromatic N) is 1. The van der Waals surface area contributed by atoms with Crippen molar-refractivity contribution >= 4 is 11.6 Å². The van der Waals surface area contributed by atoms with Gasteiger partial charge in [-0.3, -0.25) is 4.99 Å².